The Kier molecular flexibility index (Phi) is 2.60. The second-order valence-corrected chi connectivity index (χ2v) is 3.67. The smallest absolute Gasteiger partial charge is 0.240 e. The maximum absolute atomic E-state index is 11.1. The van der Waals surface area contributed by atoms with Gasteiger partial charge in [0.05, 0.1) is 11.8 Å². The molecule has 2 N–H and O–H groups in total. The summed E-state index contributed by atoms with van der Waals surface area (Å²) in [5.41, 5.74) is 4.46. The van der Waals surface area contributed by atoms with Crippen LogP contribution in [0.25, 0.3) is 0 Å². The summed E-state index contributed by atoms with van der Waals surface area (Å²) < 4.78 is 0. The summed E-state index contributed by atoms with van der Waals surface area (Å²) in [5.74, 6) is 0.0235. The lowest BCUT2D eigenvalue weighted by molar-refractivity contribution is -0.119. The Morgan fingerprint density at radius 2 is 2.20 bits per heavy atom. The molecule has 1 aromatic rings. The lowest BCUT2D eigenvalue weighted by atomic mass is 10.1. The van der Waals surface area contributed by atoms with E-state index < -0.39 is 6.10 Å². The number of nitrogens with one attached hydrogen (secondary N) is 1. The molecule has 1 amide bonds. The Morgan fingerprint density at radius 1 is 1.47 bits per heavy atom. The molecule has 2 rings (SSSR count). The number of carbonyl (C=O) groups is 1. The molecule has 0 bridgehead atoms. The number of nitrogens with zero attached hydrogens (tertiary/aromatic N) is 1. The zero-order valence-electron chi connectivity index (χ0n) is 8.60. The first kappa shape index (κ1) is 9.98. The largest absolute Gasteiger partial charge is 0.389 e. The molecule has 4 nitrogen and oxygen atoms in total. The number of hydrogen-bond donors (Lipinski definition) is 2. The van der Waals surface area contributed by atoms with Crippen LogP contribution in [0.5, 0.6) is 0 Å². The quantitative estimate of drug-likeness (QED) is 0.758. The van der Waals surface area contributed by atoms with Crippen molar-refractivity contribution in [3.63, 3.8) is 0 Å². The summed E-state index contributed by atoms with van der Waals surface area (Å²) in [6.07, 6.45) is -0.0209. The lowest BCUT2D eigenvalue weighted by Crippen LogP contribution is -2.33. The zero-order valence-corrected chi connectivity index (χ0v) is 8.60. The second kappa shape index (κ2) is 3.90. The van der Waals surface area contributed by atoms with E-state index in [2.05, 4.69) is 5.43 Å². The van der Waals surface area contributed by atoms with Gasteiger partial charge in [0, 0.05) is 18.5 Å². The van der Waals surface area contributed by atoms with E-state index in [-0.39, 0.29) is 5.91 Å². The van der Waals surface area contributed by atoms with Crippen LogP contribution in [-0.4, -0.2) is 17.6 Å². The topological polar surface area (TPSA) is 52.6 Å². The van der Waals surface area contributed by atoms with Crippen LogP contribution in [0.2, 0.25) is 0 Å². The monoisotopic (exact) mass is 206 g/mol. The molecule has 15 heavy (non-hydrogen) atoms. The third-order valence-electron chi connectivity index (χ3n) is 2.50. The highest BCUT2D eigenvalue weighted by Gasteiger charge is 2.21. The van der Waals surface area contributed by atoms with Crippen LogP contribution < -0.4 is 10.4 Å². The van der Waals surface area contributed by atoms with Crippen LogP contribution in [0.15, 0.2) is 24.3 Å². The van der Waals surface area contributed by atoms with Crippen molar-refractivity contribution in [2.75, 3.05) is 11.6 Å². The summed E-state index contributed by atoms with van der Waals surface area (Å²) in [6.45, 7) is 2.37. The highest BCUT2D eigenvalue weighted by Crippen LogP contribution is 2.26. The first-order chi connectivity index (χ1) is 7.18. The van der Waals surface area contributed by atoms with Crippen LogP contribution in [-0.2, 0) is 4.79 Å². The Hall–Kier alpha value is -1.55. The maximum atomic E-state index is 11.1. The summed E-state index contributed by atoms with van der Waals surface area (Å²) in [6, 6.07) is 7.53. The number of rotatable bonds is 2. The predicted octanol–water partition coefficient (Wildman–Crippen LogP) is 0.981. The van der Waals surface area contributed by atoms with Crippen molar-refractivity contribution < 1.29 is 9.90 Å². The van der Waals surface area contributed by atoms with Crippen LogP contribution in [0.1, 0.15) is 25.0 Å². The molecule has 0 radical (unpaired) electrons. The average molecular weight is 206 g/mol. The van der Waals surface area contributed by atoms with Gasteiger partial charge in [-0.3, -0.25) is 15.2 Å². The summed E-state index contributed by atoms with van der Waals surface area (Å²) in [4.78, 5) is 11.1. The van der Waals surface area contributed by atoms with Crippen LogP contribution in [0.3, 0.4) is 0 Å². The SMILES string of the molecule is CC(O)c1ccccc1N1CCC(=O)N1. The summed E-state index contributed by atoms with van der Waals surface area (Å²) in [7, 11) is 0. The molecule has 1 atom stereocenters. The van der Waals surface area contributed by atoms with E-state index in [1.807, 2.05) is 24.3 Å². The highest BCUT2D eigenvalue weighted by atomic mass is 16.3. The van der Waals surface area contributed by atoms with Crippen molar-refractivity contribution in [2.24, 2.45) is 0 Å². The minimum Gasteiger partial charge on any atom is -0.389 e. The van der Waals surface area contributed by atoms with E-state index in [4.69, 9.17) is 0 Å². The Balaban J connectivity index is 2.31. The average Bonchev–Trinajstić information content (AvgIpc) is 2.65. The van der Waals surface area contributed by atoms with Gasteiger partial charge in [-0.2, -0.15) is 0 Å². The minimum absolute atomic E-state index is 0.0235. The molecule has 1 heterocycles. The lowest BCUT2D eigenvalue weighted by Gasteiger charge is -2.21. The first-order valence-electron chi connectivity index (χ1n) is 5.02. The van der Waals surface area contributed by atoms with E-state index in [0.29, 0.717) is 13.0 Å². The van der Waals surface area contributed by atoms with E-state index in [1.54, 1.807) is 11.9 Å². The molecule has 0 aromatic heterocycles. The van der Waals surface area contributed by atoms with Crippen LogP contribution in [0, 0.1) is 0 Å². The first-order valence-corrected chi connectivity index (χ1v) is 5.02. The number of aliphatic hydroxyl groups excluding tert-OH is 1. The number of para-hydroxylation sites is 1. The molecule has 1 aliphatic rings. The second-order valence-electron chi connectivity index (χ2n) is 3.67. The van der Waals surface area contributed by atoms with Gasteiger partial charge in [-0.05, 0) is 13.0 Å². The molecule has 0 saturated carbocycles. The third-order valence-corrected chi connectivity index (χ3v) is 2.50. The van der Waals surface area contributed by atoms with Crippen LogP contribution in [0.4, 0.5) is 5.69 Å². The van der Waals surface area contributed by atoms with Crippen molar-refractivity contribution in [3.05, 3.63) is 29.8 Å². The predicted molar refractivity (Wildman–Crippen MR) is 57.2 cm³/mol. The number of aliphatic hydroxyl groups is 1. The van der Waals surface area contributed by atoms with Gasteiger partial charge in [-0.1, -0.05) is 18.2 Å². The molecular formula is C11H14N2O2. The van der Waals surface area contributed by atoms with E-state index >= 15 is 0 Å². The van der Waals surface area contributed by atoms with Gasteiger partial charge in [0.2, 0.25) is 5.91 Å². The molecule has 1 unspecified atom stereocenters. The number of amides is 1. The zero-order chi connectivity index (χ0) is 10.8. The van der Waals surface area contributed by atoms with Gasteiger partial charge < -0.3 is 5.11 Å². The summed E-state index contributed by atoms with van der Waals surface area (Å²) >= 11 is 0. The van der Waals surface area contributed by atoms with Gasteiger partial charge in [-0.25, -0.2) is 0 Å². The number of benzene rings is 1. The van der Waals surface area contributed by atoms with E-state index in [9.17, 15) is 9.90 Å². The number of carbonyl (C=O) groups excluding carboxylic acids is 1. The number of hydrogen-bond acceptors (Lipinski definition) is 3. The van der Waals surface area contributed by atoms with Crippen molar-refractivity contribution in [1.82, 2.24) is 5.43 Å². The fraction of sp³-hybridized carbons (Fsp3) is 0.364. The third kappa shape index (κ3) is 1.94. The van der Waals surface area contributed by atoms with Gasteiger partial charge in [-0.15, -0.1) is 0 Å². The van der Waals surface area contributed by atoms with Gasteiger partial charge >= 0.3 is 0 Å². The molecule has 4 heteroatoms. The van der Waals surface area contributed by atoms with Crippen molar-refractivity contribution in [2.45, 2.75) is 19.4 Å². The van der Waals surface area contributed by atoms with Crippen molar-refractivity contribution in [3.8, 4) is 0 Å². The molecule has 1 fully saturated rings. The van der Waals surface area contributed by atoms with Gasteiger partial charge in [0.25, 0.3) is 0 Å². The van der Waals surface area contributed by atoms with Crippen molar-refractivity contribution in [1.29, 1.82) is 0 Å². The van der Waals surface area contributed by atoms with E-state index in [0.717, 1.165) is 11.3 Å². The number of hydrazine groups is 1. The molecule has 1 aliphatic heterocycles. The minimum atomic E-state index is -0.529. The summed E-state index contributed by atoms with van der Waals surface area (Å²) in [5, 5.41) is 11.4. The molecule has 1 saturated heterocycles. The standard InChI is InChI=1S/C11H14N2O2/c1-8(14)9-4-2-3-5-10(9)13-7-6-11(15)12-13/h2-5,8,14H,6-7H2,1H3,(H,12,15). The molecule has 1 aromatic carbocycles. The van der Waals surface area contributed by atoms with Crippen molar-refractivity contribution >= 4 is 11.6 Å². The molecule has 0 spiro atoms. The molecule has 80 valence electrons. The fourth-order valence-electron chi connectivity index (χ4n) is 1.74. The maximum Gasteiger partial charge on any atom is 0.240 e. The number of anilines is 1. The van der Waals surface area contributed by atoms with E-state index in [1.165, 1.54) is 0 Å². The molecular weight excluding hydrogens is 192 g/mol. The Morgan fingerprint density at radius 3 is 2.80 bits per heavy atom. The molecule has 0 aliphatic carbocycles. The van der Waals surface area contributed by atoms with Gasteiger partial charge in [0.15, 0.2) is 0 Å². The normalized spacial score (nSPS) is 17.7. The fourth-order valence-corrected chi connectivity index (χ4v) is 1.74. The highest BCUT2D eigenvalue weighted by molar-refractivity contribution is 5.82. The van der Waals surface area contributed by atoms with Crippen LogP contribution >= 0.6 is 0 Å². The Bertz CT molecular complexity index is 377. The Labute approximate surface area is 88.5 Å². The van der Waals surface area contributed by atoms with Gasteiger partial charge in [0.1, 0.15) is 0 Å².